The van der Waals surface area contributed by atoms with E-state index in [1.54, 1.807) is 0 Å². The van der Waals surface area contributed by atoms with Gasteiger partial charge in [0, 0.05) is 0 Å². The molecule has 0 heteroatoms. The summed E-state index contributed by atoms with van der Waals surface area (Å²) in [6, 6.07) is 51.8. The van der Waals surface area contributed by atoms with Crippen LogP contribution in [0, 0.1) is 0 Å². The molecule has 33 heavy (non-hydrogen) atoms. The van der Waals surface area contributed by atoms with Gasteiger partial charge in [-0.2, -0.15) is 0 Å². The number of benzene rings is 5. The molecule has 0 aliphatic carbocycles. The van der Waals surface area contributed by atoms with Gasteiger partial charge in [0.2, 0.25) is 0 Å². The highest BCUT2D eigenvalue weighted by atomic mass is 14.2. The first-order chi connectivity index (χ1) is 16.4. The van der Waals surface area contributed by atoms with E-state index < -0.39 is 0 Å². The summed E-state index contributed by atoms with van der Waals surface area (Å²) in [5.74, 6) is 0. The number of hydrogen-bond donors (Lipinski definition) is 0. The molecular formula is C33H26. The molecule has 0 bridgehead atoms. The topological polar surface area (TPSA) is 0 Å². The molecular weight excluding hydrogens is 396 g/mol. The van der Waals surface area contributed by atoms with Crippen LogP contribution >= 0.6 is 0 Å². The first-order valence-corrected chi connectivity index (χ1v) is 11.4. The van der Waals surface area contributed by atoms with Gasteiger partial charge in [-0.15, -0.1) is 0 Å². The van der Waals surface area contributed by atoms with Gasteiger partial charge in [-0.05, 0) is 50.9 Å². The Bertz CT molecular complexity index is 1330. The molecule has 5 aromatic carbocycles. The van der Waals surface area contributed by atoms with Gasteiger partial charge >= 0.3 is 0 Å². The second-order valence-electron chi connectivity index (χ2n) is 8.16. The monoisotopic (exact) mass is 422 g/mol. The molecule has 5 aromatic rings. The summed E-state index contributed by atoms with van der Waals surface area (Å²) in [5.41, 5.74) is 10.1. The summed E-state index contributed by atoms with van der Waals surface area (Å²) in [5, 5.41) is 0. The predicted molar refractivity (Wildman–Crippen MR) is 141 cm³/mol. The quantitative estimate of drug-likeness (QED) is 0.240. The molecule has 0 saturated carbocycles. The molecule has 0 fully saturated rings. The Hall–Kier alpha value is -4.16. The summed E-state index contributed by atoms with van der Waals surface area (Å²) in [7, 11) is 0. The zero-order chi connectivity index (χ0) is 22.3. The smallest absolute Gasteiger partial charge is 0.00134 e. The average Bonchev–Trinajstić information content (AvgIpc) is 2.91. The van der Waals surface area contributed by atoms with Gasteiger partial charge in [-0.3, -0.25) is 0 Å². The molecule has 0 N–H and O–H groups in total. The van der Waals surface area contributed by atoms with Crippen molar-refractivity contribution < 1.29 is 0 Å². The Morgan fingerprint density at radius 2 is 0.909 bits per heavy atom. The molecule has 158 valence electrons. The van der Waals surface area contributed by atoms with Crippen LogP contribution in [0.4, 0.5) is 0 Å². The molecule has 0 amide bonds. The number of rotatable bonds is 6. The van der Waals surface area contributed by atoms with Crippen LogP contribution in [-0.2, 0) is 6.42 Å². The zero-order valence-corrected chi connectivity index (χ0v) is 18.6. The molecule has 0 aliphatic heterocycles. The lowest BCUT2D eigenvalue weighted by atomic mass is 9.83. The van der Waals surface area contributed by atoms with Crippen LogP contribution in [0.5, 0.6) is 0 Å². The summed E-state index contributed by atoms with van der Waals surface area (Å²) in [4.78, 5) is 0. The second kappa shape index (κ2) is 9.97. The third-order valence-corrected chi connectivity index (χ3v) is 5.99. The molecule has 0 radical (unpaired) electrons. The van der Waals surface area contributed by atoms with Crippen LogP contribution in [0.25, 0.3) is 22.3 Å². The molecule has 0 saturated heterocycles. The van der Waals surface area contributed by atoms with Crippen LogP contribution in [-0.4, -0.2) is 0 Å². The van der Waals surface area contributed by atoms with Gasteiger partial charge in [0.15, 0.2) is 0 Å². The third kappa shape index (κ3) is 4.71. The van der Waals surface area contributed by atoms with E-state index in [0.717, 1.165) is 6.42 Å². The minimum absolute atomic E-state index is 0.859. The van der Waals surface area contributed by atoms with Gasteiger partial charge in [-0.25, -0.2) is 0 Å². The van der Waals surface area contributed by atoms with Crippen molar-refractivity contribution >= 4 is 11.1 Å². The fourth-order valence-electron chi connectivity index (χ4n) is 4.44. The molecule has 5 rings (SSSR count). The fraction of sp³-hybridized carbons (Fsp3) is 0.0303. The zero-order valence-electron chi connectivity index (χ0n) is 18.6. The minimum atomic E-state index is 0.859. The second-order valence-corrected chi connectivity index (χ2v) is 8.16. The highest BCUT2D eigenvalue weighted by Gasteiger charge is 2.18. The van der Waals surface area contributed by atoms with Gasteiger partial charge in [0.05, 0.1) is 0 Å². The van der Waals surface area contributed by atoms with Crippen LogP contribution in [0.2, 0.25) is 0 Å². The van der Waals surface area contributed by atoms with E-state index in [9.17, 15) is 0 Å². The van der Waals surface area contributed by atoms with E-state index in [4.69, 9.17) is 0 Å². The summed E-state index contributed by atoms with van der Waals surface area (Å²) in [6.45, 7) is 0. The van der Waals surface area contributed by atoms with Gasteiger partial charge in [0.1, 0.15) is 0 Å². The van der Waals surface area contributed by atoms with Crippen molar-refractivity contribution in [3.63, 3.8) is 0 Å². The molecule has 0 unspecified atom stereocenters. The highest BCUT2D eigenvalue weighted by Crippen LogP contribution is 2.39. The van der Waals surface area contributed by atoms with Crippen molar-refractivity contribution in [3.8, 4) is 11.1 Å². The maximum atomic E-state index is 2.26. The molecule has 0 nitrogen and oxygen atoms in total. The van der Waals surface area contributed by atoms with E-state index in [0.29, 0.717) is 0 Å². The molecule has 0 heterocycles. The molecule has 0 aromatic heterocycles. The van der Waals surface area contributed by atoms with E-state index in [1.165, 1.54) is 44.5 Å². The third-order valence-electron chi connectivity index (χ3n) is 5.99. The SMILES string of the molecule is c1ccc(CC(=C(c2ccccc2)c2ccccc2-c2ccccc2)c2ccccc2)cc1. The fourth-order valence-corrected chi connectivity index (χ4v) is 4.44. The van der Waals surface area contributed by atoms with Crippen LogP contribution in [0.3, 0.4) is 0 Å². The normalized spacial score (nSPS) is 11.6. The van der Waals surface area contributed by atoms with Crippen molar-refractivity contribution in [3.05, 3.63) is 168 Å². The summed E-state index contributed by atoms with van der Waals surface area (Å²) in [6.07, 6.45) is 0.859. The maximum Gasteiger partial charge on any atom is -0.00134 e. The van der Waals surface area contributed by atoms with Gasteiger partial charge in [-0.1, -0.05) is 146 Å². The van der Waals surface area contributed by atoms with Crippen LogP contribution < -0.4 is 0 Å². The Kier molecular flexibility index (Phi) is 6.26. The average molecular weight is 423 g/mol. The lowest BCUT2D eigenvalue weighted by Gasteiger charge is -2.20. The summed E-state index contributed by atoms with van der Waals surface area (Å²) >= 11 is 0. The first-order valence-electron chi connectivity index (χ1n) is 11.4. The number of allylic oxidation sites excluding steroid dienone is 1. The largest absolute Gasteiger partial charge is 0.0622 e. The predicted octanol–water partition coefficient (Wildman–Crippen LogP) is 8.56. The molecule has 0 spiro atoms. The lowest BCUT2D eigenvalue weighted by molar-refractivity contribution is 1.28. The van der Waals surface area contributed by atoms with Gasteiger partial charge in [0.25, 0.3) is 0 Å². The van der Waals surface area contributed by atoms with Crippen LogP contribution in [0.15, 0.2) is 146 Å². The van der Waals surface area contributed by atoms with E-state index in [1.807, 2.05) is 0 Å². The maximum absolute atomic E-state index is 2.26. The minimum Gasteiger partial charge on any atom is -0.0622 e. The lowest BCUT2D eigenvalue weighted by Crippen LogP contribution is -2.00. The Morgan fingerprint density at radius 3 is 1.55 bits per heavy atom. The van der Waals surface area contributed by atoms with E-state index >= 15 is 0 Å². The Labute approximate surface area is 196 Å². The molecule has 0 aliphatic rings. The Balaban J connectivity index is 1.82. The molecule has 0 atom stereocenters. The van der Waals surface area contributed by atoms with Crippen LogP contribution in [0.1, 0.15) is 22.3 Å². The standard InChI is InChI=1S/C33H26/c1-5-15-26(16-6-1)25-32(28-19-9-3-10-20-28)33(29-21-11-4-12-22-29)31-24-14-13-23-30(31)27-17-7-2-8-18-27/h1-24H,25H2. The van der Waals surface area contributed by atoms with E-state index in [-0.39, 0.29) is 0 Å². The van der Waals surface area contributed by atoms with Crippen molar-refractivity contribution in [2.45, 2.75) is 6.42 Å². The van der Waals surface area contributed by atoms with Crippen molar-refractivity contribution in [2.24, 2.45) is 0 Å². The highest BCUT2D eigenvalue weighted by molar-refractivity contribution is 6.02. The van der Waals surface area contributed by atoms with Crippen molar-refractivity contribution in [1.29, 1.82) is 0 Å². The van der Waals surface area contributed by atoms with Crippen molar-refractivity contribution in [2.75, 3.05) is 0 Å². The van der Waals surface area contributed by atoms with Gasteiger partial charge < -0.3 is 0 Å². The first kappa shape index (κ1) is 20.7. The summed E-state index contributed by atoms with van der Waals surface area (Å²) < 4.78 is 0. The number of hydrogen-bond acceptors (Lipinski definition) is 0. The van der Waals surface area contributed by atoms with Crippen molar-refractivity contribution in [1.82, 2.24) is 0 Å². The van der Waals surface area contributed by atoms with E-state index in [2.05, 4.69) is 146 Å². The Morgan fingerprint density at radius 1 is 0.424 bits per heavy atom.